The Morgan fingerprint density at radius 3 is 2.35 bits per heavy atom. The molecule has 0 bridgehead atoms. The van der Waals surface area contributed by atoms with E-state index in [1.807, 2.05) is 0 Å². The number of hydrogen-bond acceptors (Lipinski definition) is 1. The molecule has 1 aliphatic carbocycles. The zero-order chi connectivity index (χ0) is 14.6. The lowest BCUT2D eigenvalue weighted by Gasteiger charge is -2.39. The first kappa shape index (κ1) is 15.6. The normalized spacial score (nSPS) is 19.4. The van der Waals surface area contributed by atoms with Crippen LogP contribution in [-0.4, -0.2) is 13.1 Å². The fourth-order valence-electron chi connectivity index (χ4n) is 4.27. The molecule has 1 atom stereocenters. The van der Waals surface area contributed by atoms with Gasteiger partial charge in [0, 0.05) is 6.04 Å². The minimum Gasteiger partial charge on any atom is -0.316 e. The second-order valence-corrected chi connectivity index (χ2v) is 7.14. The molecule has 1 aromatic rings. The zero-order valence-corrected chi connectivity index (χ0v) is 13.7. The summed E-state index contributed by atoms with van der Waals surface area (Å²) < 4.78 is 0. The van der Waals surface area contributed by atoms with Crippen LogP contribution in [0.1, 0.15) is 57.1 Å². The predicted molar refractivity (Wildman–Crippen MR) is 88.1 cm³/mol. The SMILES string of the molecule is CNC(Cc1ccccc1C)C1(CC(C)C)CCCC1. The smallest absolute Gasteiger partial charge is 0.0161 e. The Hall–Kier alpha value is -0.820. The van der Waals surface area contributed by atoms with Crippen LogP contribution in [0.25, 0.3) is 0 Å². The average Bonchev–Trinajstić information content (AvgIpc) is 2.86. The Balaban J connectivity index is 2.19. The van der Waals surface area contributed by atoms with Gasteiger partial charge in [-0.05, 0) is 62.1 Å². The van der Waals surface area contributed by atoms with Crippen molar-refractivity contribution < 1.29 is 0 Å². The molecule has 20 heavy (non-hydrogen) atoms. The lowest BCUT2D eigenvalue weighted by Crippen LogP contribution is -2.44. The van der Waals surface area contributed by atoms with Crippen molar-refractivity contribution in [2.24, 2.45) is 11.3 Å². The van der Waals surface area contributed by atoms with Crippen molar-refractivity contribution in [3.63, 3.8) is 0 Å². The first-order valence-corrected chi connectivity index (χ1v) is 8.29. The fourth-order valence-corrected chi connectivity index (χ4v) is 4.27. The third-order valence-electron chi connectivity index (χ3n) is 5.19. The van der Waals surface area contributed by atoms with Crippen LogP contribution in [0, 0.1) is 18.3 Å². The van der Waals surface area contributed by atoms with E-state index in [4.69, 9.17) is 0 Å². The van der Waals surface area contributed by atoms with Crippen LogP contribution in [0.15, 0.2) is 24.3 Å². The molecule has 0 heterocycles. The summed E-state index contributed by atoms with van der Waals surface area (Å²) in [7, 11) is 2.16. The summed E-state index contributed by atoms with van der Waals surface area (Å²) in [5.74, 6) is 0.792. The molecule has 0 saturated heterocycles. The summed E-state index contributed by atoms with van der Waals surface area (Å²) in [6.45, 7) is 6.99. The van der Waals surface area contributed by atoms with Crippen LogP contribution in [0.4, 0.5) is 0 Å². The molecule has 1 heteroatoms. The van der Waals surface area contributed by atoms with Crippen molar-refractivity contribution in [3.8, 4) is 0 Å². The molecule has 0 spiro atoms. The quantitative estimate of drug-likeness (QED) is 0.790. The minimum atomic E-state index is 0.519. The van der Waals surface area contributed by atoms with E-state index in [1.54, 1.807) is 0 Å². The van der Waals surface area contributed by atoms with E-state index < -0.39 is 0 Å². The molecule has 1 unspecified atom stereocenters. The Labute approximate surface area is 125 Å². The molecule has 1 fully saturated rings. The topological polar surface area (TPSA) is 12.0 Å². The number of hydrogen-bond donors (Lipinski definition) is 1. The molecule has 0 aromatic heterocycles. The molecule has 1 saturated carbocycles. The number of benzene rings is 1. The van der Waals surface area contributed by atoms with Crippen molar-refractivity contribution in [2.75, 3.05) is 7.05 Å². The van der Waals surface area contributed by atoms with Crippen LogP contribution in [0.2, 0.25) is 0 Å². The number of rotatable bonds is 6. The lowest BCUT2D eigenvalue weighted by atomic mass is 9.70. The van der Waals surface area contributed by atoms with Gasteiger partial charge in [-0.25, -0.2) is 0 Å². The Morgan fingerprint density at radius 1 is 1.15 bits per heavy atom. The van der Waals surface area contributed by atoms with Crippen molar-refractivity contribution in [3.05, 3.63) is 35.4 Å². The molecule has 0 amide bonds. The number of likely N-dealkylation sites (N-methyl/N-ethyl adjacent to an activating group) is 1. The highest BCUT2D eigenvalue weighted by Gasteiger charge is 2.40. The third-order valence-corrected chi connectivity index (χ3v) is 5.19. The average molecular weight is 273 g/mol. The van der Waals surface area contributed by atoms with Crippen LogP contribution >= 0.6 is 0 Å². The lowest BCUT2D eigenvalue weighted by molar-refractivity contribution is 0.160. The fraction of sp³-hybridized carbons (Fsp3) is 0.684. The molecular formula is C19H31N. The molecule has 0 radical (unpaired) electrons. The van der Waals surface area contributed by atoms with Gasteiger partial charge in [0.25, 0.3) is 0 Å². The van der Waals surface area contributed by atoms with Crippen LogP contribution in [0.3, 0.4) is 0 Å². The third kappa shape index (κ3) is 3.44. The Bertz CT molecular complexity index is 416. The van der Waals surface area contributed by atoms with Crippen LogP contribution < -0.4 is 5.32 Å². The van der Waals surface area contributed by atoms with Crippen LogP contribution in [0.5, 0.6) is 0 Å². The van der Waals surface area contributed by atoms with E-state index in [0.717, 1.165) is 5.92 Å². The second-order valence-electron chi connectivity index (χ2n) is 7.14. The Kier molecular flexibility index (Phi) is 5.26. The van der Waals surface area contributed by atoms with Gasteiger partial charge in [0.05, 0.1) is 0 Å². The van der Waals surface area contributed by atoms with Gasteiger partial charge < -0.3 is 5.32 Å². The summed E-state index contributed by atoms with van der Waals surface area (Å²) in [5, 5.41) is 3.67. The Morgan fingerprint density at radius 2 is 1.80 bits per heavy atom. The molecule has 112 valence electrons. The van der Waals surface area contributed by atoms with Gasteiger partial charge >= 0.3 is 0 Å². The maximum atomic E-state index is 3.67. The highest BCUT2D eigenvalue weighted by atomic mass is 14.9. The van der Waals surface area contributed by atoms with Crippen molar-refractivity contribution in [1.82, 2.24) is 5.32 Å². The highest BCUT2D eigenvalue weighted by molar-refractivity contribution is 5.27. The maximum absolute atomic E-state index is 3.67. The molecule has 1 nitrogen and oxygen atoms in total. The van der Waals surface area contributed by atoms with E-state index >= 15 is 0 Å². The largest absolute Gasteiger partial charge is 0.316 e. The van der Waals surface area contributed by atoms with Crippen molar-refractivity contribution in [1.29, 1.82) is 0 Å². The van der Waals surface area contributed by atoms with E-state index in [1.165, 1.54) is 49.7 Å². The number of aryl methyl sites for hydroxylation is 1. The van der Waals surface area contributed by atoms with Gasteiger partial charge in [-0.15, -0.1) is 0 Å². The summed E-state index contributed by atoms with van der Waals surface area (Å²) >= 11 is 0. The predicted octanol–water partition coefficient (Wildman–Crippen LogP) is 4.73. The molecular weight excluding hydrogens is 242 g/mol. The first-order valence-electron chi connectivity index (χ1n) is 8.29. The molecule has 1 N–H and O–H groups in total. The van der Waals surface area contributed by atoms with E-state index in [9.17, 15) is 0 Å². The van der Waals surface area contributed by atoms with Gasteiger partial charge in [0.1, 0.15) is 0 Å². The minimum absolute atomic E-state index is 0.519. The number of nitrogens with one attached hydrogen (secondary N) is 1. The van der Waals surface area contributed by atoms with E-state index in [0.29, 0.717) is 11.5 Å². The molecule has 2 rings (SSSR count). The summed E-state index contributed by atoms with van der Waals surface area (Å²) in [4.78, 5) is 0. The second kappa shape index (κ2) is 6.76. The van der Waals surface area contributed by atoms with Crippen molar-refractivity contribution >= 4 is 0 Å². The molecule has 1 aliphatic rings. The van der Waals surface area contributed by atoms with Gasteiger partial charge in [-0.2, -0.15) is 0 Å². The standard InChI is InChI=1S/C19H31N/c1-15(2)14-19(11-7-8-12-19)18(20-4)13-17-10-6-5-9-16(17)3/h5-6,9-10,15,18,20H,7-8,11-14H2,1-4H3. The molecule has 0 aliphatic heterocycles. The zero-order valence-electron chi connectivity index (χ0n) is 13.7. The van der Waals surface area contributed by atoms with Gasteiger partial charge in [0.15, 0.2) is 0 Å². The van der Waals surface area contributed by atoms with Crippen molar-refractivity contribution in [2.45, 2.75) is 65.3 Å². The molecule has 1 aromatic carbocycles. The van der Waals surface area contributed by atoms with Gasteiger partial charge in [-0.1, -0.05) is 51.0 Å². The first-order chi connectivity index (χ1) is 9.57. The van der Waals surface area contributed by atoms with E-state index in [-0.39, 0.29) is 0 Å². The highest BCUT2D eigenvalue weighted by Crippen LogP contribution is 2.46. The summed E-state index contributed by atoms with van der Waals surface area (Å²) in [6.07, 6.45) is 8.18. The van der Waals surface area contributed by atoms with Crippen LogP contribution in [-0.2, 0) is 6.42 Å². The maximum Gasteiger partial charge on any atom is 0.0161 e. The summed E-state index contributed by atoms with van der Waals surface area (Å²) in [5.41, 5.74) is 3.47. The van der Waals surface area contributed by atoms with Gasteiger partial charge in [-0.3, -0.25) is 0 Å². The summed E-state index contributed by atoms with van der Waals surface area (Å²) in [6, 6.07) is 9.49. The van der Waals surface area contributed by atoms with E-state index in [2.05, 4.69) is 57.4 Å². The monoisotopic (exact) mass is 273 g/mol. The van der Waals surface area contributed by atoms with Gasteiger partial charge in [0.2, 0.25) is 0 Å².